The number of fused-ring (bicyclic) bond motifs is 1. The molecule has 1 aromatic carbocycles. The van der Waals surface area contributed by atoms with Gasteiger partial charge in [0.05, 0.1) is 6.10 Å². The van der Waals surface area contributed by atoms with Crippen molar-refractivity contribution in [3.8, 4) is 0 Å². The van der Waals surface area contributed by atoms with Crippen molar-refractivity contribution in [2.24, 2.45) is 4.99 Å². The molecule has 1 saturated heterocycles. The van der Waals surface area contributed by atoms with Gasteiger partial charge in [-0.1, -0.05) is 18.2 Å². The van der Waals surface area contributed by atoms with Crippen molar-refractivity contribution in [2.75, 3.05) is 47.0 Å². The SMILES string of the molecule is CN=C(NCCc1cc2ccccc2[nH]1)N1CCC(OCCCOC)CC1. The molecule has 6 heteroatoms. The molecule has 0 bridgehead atoms. The number of benzene rings is 1. The molecule has 27 heavy (non-hydrogen) atoms. The van der Waals surface area contributed by atoms with Crippen LogP contribution in [-0.2, 0) is 15.9 Å². The van der Waals surface area contributed by atoms with E-state index in [1.165, 1.54) is 16.6 Å². The van der Waals surface area contributed by atoms with Crippen molar-refractivity contribution in [3.05, 3.63) is 36.0 Å². The van der Waals surface area contributed by atoms with Crippen LogP contribution in [0.4, 0.5) is 0 Å². The van der Waals surface area contributed by atoms with Gasteiger partial charge in [0.1, 0.15) is 0 Å². The Morgan fingerprint density at radius 1 is 1.26 bits per heavy atom. The van der Waals surface area contributed by atoms with Crippen LogP contribution >= 0.6 is 0 Å². The molecule has 1 aromatic heterocycles. The predicted molar refractivity (Wildman–Crippen MR) is 110 cm³/mol. The van der Waals surface area contributed by atoms with Crippen LogP contribution in [0.25, 0.3) is 10.9 Å². The van der Waals surface area contributed by atoms with Gasteiger partial charge in [-0.2, -0.15) is 0 Å². The quantitative estimate of drug-likeness (QED) is 0.425. The number of ether oxygens (including phenoxy) is 2. The summed E-state index contributed by atoms with van der Waals surface area (Å²) in [5.41, 5.74) is 2.45. The van der Waals surface area contributed by atoms with Gasteiger partial charge in [-0.15, -0.1) is 0 Å². The zero-order valence-corrected chi connectivity index (χ0v) is 16.5. The highest BCUT2D eigenvalue weighted by molar-refractivity contribution is 5.81. The smallest absolute Gasteiger partial charge is 0.193 e. The van der Waals surface area contributed by atoms with Crippen molar-refractivity contribution in [3.63, 3.8) is 0 Å². The van der Waals surface area contributed by atoms with E-state index in [0.717, 1.165) is 64.5 Å². The molecule has 0 atom stereocenters. The van der Waals surface area contributed by atoms with Crippen LogP contribution in [0.15, 0.2) is 35.3 Å². The second-order valence-electron chi connectivity index (χ2n) is 7.01. The summed E-state index contributed by atoms with van der Waals surface area (Å²) in [6.07, 6.45) is 4.38. The maximum atomic E-state index is 5.94. The predicted octanol–water partition coefficient (Wildman–Crippen LogP) is 2.80. The highest BCUT2D eigenvalue weighted by atomic mass is 16.5. The molecule has 2 heterocycles. The molecule has 0 spiro atoms. The van der Waals surface area contributed by atoms with E-state index in [1.807, 2.05) is 7.05 Å². The molecular formula is C21H32N4O2. The molecule has 1 aliphatic heterocycles. The number of para-hydroxylation sites is 1. The molecule has 0 amide bonds. The Balaban J connectivity index is 1.39. The van der Waals surface area contributed by atoms with Crippen molar-refractivity contribution >= 4 is 16.9 Å². The highest BCUT2D eigenvalue weighted by Gasteiger charge is 2.21. The van der Waals surface area contributed by atoms with E-state index in [2.05, 4.69) is 50.5 Å². The van der Waals surface area contributed by atoms with Crippen LogP contribution in [0, 0.1) is 0 Å². The number of likely N-dealkylation sites (tertiary alicyclic amines) is 1. The van der Waals surface area contributed by atoms with Crippen molar-refractivity contribution < 1.29 is 9.47 Å². The molecule has 1 fully saturated rings. The monoisotopic (exact) mass is 372 g/mol. The van der Waals surface area contributed by atoms with Gasteiger partial charge in [0, 0.05) is 64.6 Å². The Hall–Kier alpha value is -2.05. The van der Waals surface area contributed by atoms with Crippen LogP contribution in [0.5, 0.6) is 0 Å². The van der Waals surface area contributed by atoms with Gasteiger partial charge in [0.2, 0.25) is 0 Å². The van der Waals surface area contributed by atoms with E-state index >= 15 is 0 Å². The Kier molecular flexibility index (Phi) is 7.54. The maximum Gasteiger partial charge on any atom is 0.193 e. The molecule has 0 unspecified atom stereocenters. The molecular weight excluding hydrogens is 340 g/mol. The zero-order valence-electron chi connectivity index (χ0n) is 16.5. The Labute approximate surface area is 161 Å². The third kappa shape index (κ3) is 5.71. The summed E-state index contributed by atoms with van der Waals surface area (Å²) >= 11 is 0. The number of methoxy groups -OCH3 is 1. The fraction of sp³-hybridized carbons (Fsp3) is 0.571. The average molecular weight is 373 g/mol. The Morgan fingerprint density at radius 2 is 2.07 bits per heavy atom. The van der Waals surface area contributed by atoms with E-state index in [1.54, 1.807) is 7.11 Å². The van der Waals surface area contributed by atoms with Crippen LogP contribution in [0.2, 0.25) is 0 Å². The van der Waals surface area contributed by atoms with Crippen LogP contribution in [-0.4, -0.2) is 69.0 Å². The number of aliphatic imine (C=N–C) groups is 1. The van der Waals surface area contributed by atoms with Crippen molar-refractivity contribution in [1.29, 1.82) is 0 Å². The lowest BCUT2D eigenvalue weighted by Crippen LogP contribution is -2.47. The second kappa shape index (κ2) is 10.3. The first-order valence-corrected chi connectivity index (χ1v) is 9.93. The number of hydrogen-bond acceptors (Lipinski definition) is 3. The number of guanidine groups is 1. The van der Waals surface area contributed by atoms with E-state index in [9.17, 15) is 0 Å². The second-order valence-corrected chi connectivity index (χ2v) is 7.01. The third-order valence-electron chi connectivity index (χ3n) is 5.06. The molecule has 0 saturated carbocycles. The summed E-state index contributed by atoms with van der Waals surface area (Å²) in [5, 5.41) is 4.77. The molecule has 0 radical (unpaired) electrons. The van der Waals surface area contributed by atoms with Gasteiger partial charge in [-0.3, -0.25) is 4.99 Å². The summed E-state index contributed by atoms with van der Waals surface area (Å²) < 4.78 is 11.0. The number of nitrogens with one attached hydrogen (secondary N) is 2. The maximum absolute atomic E-state index is 5.94. The first kappa shape index (κ1) is 19.7. The van der Waals surface area contributed by atoms with Gasteiger partial charge in [0.25, 0.3) is 0 Å². The number of hydrogen-bond donors (Lipinski definition) is 2. The minimum atomic E-state index is 0.363. The minimum absolute atomic E-state index is 0.363. The summed E-state index contributed by atoms with van der Waals surface area (Å²) in [7, 11) is 3.59. The van der Waals surface area contributed by atoms with Gasteiger partial charge in [-0.25, -0.2) is 0 Å². The molecule has 2 N–H and O–H groups in total. The molecule has 1 aliphatic rings. The first-order chi connectivity index (χ1) is 13.3. The van der Waals surface area contributed by atoms with Gasteiger partial charge in [0.15, 0.2) is 5.96 Å². The Bertz CT molecular complexity index is 687. The Morgan fingerprint density at radius 3 is 2.81 bits per heavy atom. The van der Waals surface area contributed by atoms with E-state index in [4.69, 9.17) is 9.47 Å². The standard InChI is InChI=1S/C21H32N4O2/c1-22-21(25-12-9-19(10-13-25)27-15-5-14-26-2)23-11-8-18-16-17-6-3-4-7-20(17)24-18/h3-4,6-7,16,19,24H,5,8-15H2,1-2H3,(H,22,23). The number of aromatic nitrogens is 1. The third-order valence-corrected chi connectivity index (χ3v) is 5.06. The first-order valence-electron chi connectivity index (χ1n) is 9.93. The van der Waals surface area contributed by atoms with E-state index < -0.39 is 0 Å². The molecule has 0 aliphatic carbocycles. The van der Waals surface area contributed by atoms with E-state index in [0.29, 0.717) is 6.10 Å². The molecule has 2 aromatic rings. The average Bonchev–Trinajstić information content (AvgIpc) is 3.12. The largest absolute Gasteiger partial charge is 0.385 e. The molecule has 6 nitrogen and oxygen atoms in total. The fourth-order valence-corrected chi connectivity index (χ4v) is 3.60. The lowest BCUT2D eigenvalue weighted by atomic mass is 10.1. The van der Waals surface area contributed by atoms with Crippen LogP contribution in [0.3, 0.4) is 0 Å². The van der Waals surface area contributed by atoms with E-state index in [-0.39, 0.29) is 0 Å². The topological polar surface area (TPSA) is 61.9 Å². The van der Waals surface area contributed by atoms with Gasteiger partial charge >= 0.3 is 0 Å². The summed E-state index contributed by atoms with van der Waals surface area (Å²) in [4.78, 5) is 10.3. The number of nitrogens with zero attached hydrogens (tertiary/aromatic N) is 2. The number of rotatable bonds is 8. The summed E-state index contributed by atoms with van der Waals surface area (Å²) in [5.74, 6) is 0.990. The van der Waals surface area contributed by atoms with Gasteiger partial charge in [-0.05, 0) is 36.8 Å². The molecule has 148 valence electrons. The fourth-order valence-electron chi connectivity index (χ4n) is 3.60. The zero-order chi connectivity index (χ0) is 18.9. The summed E-state index contributed by atoms with van der Waals surface area (Å²) in [6, 6.07) is 10.6. The van der Waals surface area contributed by atoms with Crippen molar-refractivity contribution in [1.82, 2.24) is 15.2 Å². The lowest BCUT2D eigenvalue weighted by Gasteiger charge is -2.34. The highest BCUT2D eigenvalue weighted by Crippen LogP contribution is 2.16. The normalized spacial score (nSPS) is 16.2. The number of piperidine rings is 1. The number of aromatic amines is 1. The van der Waals surface area contributed by atoms with Crippen LogP contribution < -0.4 is 5.32 Å². The lowest BCUT2D eigenvalue weighted by molar-refractivity contribution is 0.00992. The number of H-pyrrole nitrogens is 1. The molecule has 3 rings (SSSR count). The van der Waals surface area contributed by atoms with Crippen molar-refractivity contribution in [2.45, 2.75) is 31.8 Å². The minimum Gasteiger partial charge on any atom is -0.385 e. The summed E-state index contributed by atoms with van der Waals surface area (Å²) in [6.45, 7) is 4.40. The van der Waals surface area contributed by atoms with Gasteiger partial charge < -0.3 is 24.7 Å². The van der Waals surface area contributed by atoms with Crippen LogP contribution in [0.1, 0.15) is 25.0 Å².